The minimum atomic E-state index is -1.05. The van der Waals surface area contributed by atoms with Gasteiger partial charge in [0.05, 0.1) is 5.56 Å². The van der Waals surface area contributed by atoms with Gasteiger partial charge in [0, 0.05) is 12.1 Å². The molecule has 0 saturated heterocycles. The van der Waals surface area contributed by atoms with E-state index in [1.54, 1.807) is 13.0 Å². The molecule has 0 aliphatic heterocycles. The number of aromatic amines is 1. The summed E-state index contributed by atoms with van der Waals surface area (Å²) in [5.41, 5.74) is 1.30. The van der Waals surface area contributed by atoms with E-state index in [2.05, 4.69) is 20.5 Å². The molecule has 0 unspecified atom stereocenters. The van der Waals surface area contributed by atoms with Crippen molar-refractivity contribution >= 4 is 17.6 Å². The molecule has 3 N–H and O–H groups in total. The maximum absolute atomic E-state index is 12.1. The molecule has 1 aromatic heterocycles. The number of anilines is 1. The lowest BCUT2D eigenvalue weighted by atomic mass is 10.1. The maximum atomic E-state index is 12.1. The summed E-state index contributed by atoms with van der Waals surface area (Å²) in [4.78, 5) is 27.1. The van der Waals surface area contributed by atoms with E-state index in [9.17, 15) is 9.59 Å². The molecular formula is C14H16N4O3. The van der Waals surface area contributed by atoms with Gasteiger partial charge in [-0.3, -0.25) is 9.89 Å². The second-order valence-corrected chi connectivity index (χ2v) is 4.64. The quantitative estimate of drug-likeness (QED) is 0.780. The van der Waals surface area contributed by atoms with Gasteiger partial charge in [0.1, 0.15) is 5.82 Å². The van der Waals surface area contributed by atoms with Crippen LogP contribution in [0.25, 0.3) is 0 Å². The van der Waals surface area contributed by atoms with Gasteiger partial charge in [-0.15, -0.1) is 5.10 Å². The Labute approximate surface area is 121 Å². The van der Waals surface area contributed by atoms with Crippen LogP contribution in [0.1, 0.15) is 45.7 Å². The zero-order chi connectivity index (χ0) is 15.4. The van der Waals surface area contributed by atoms with Crippen molar-refractivity contribution in [2.24, 2.45) is 0 Å². The molecule has 21 heavy (non-hydrogen) atoms. The highest BCUT2D eigenvalue weighted by Crippen LogP contribution is 2.17. The molecule has 110 valence electrons. The van der Waals surface area contributed by atoms with Gasteiger partial charge in [-0.25, -0.2) is 9.78 Å². The highest BCUT2D eigenvalue weighted by molar-refractivity contribution is 6.02. The molecule has 7 nitrogen and oxygen atoms in total. The molecule has 0 aliphatic carbocycles. The fourth-order valence-corrected chi connectivity index (χ4v) is 1.81. The Morgan fingerprint density at radius 3 is 2.81 bits per heavy atom. The Balaban J connectivity index is 2.18. The molecular weight excluding hydrogens is 272 g/mol. The molecule has 2 aromatic rings. The number of hydrogen-bond donors (Lipinski definition) is 3. The third-order valence-corrected chi connectivity index (χ3v) is 2.95. The van der Waals surface area contributed by atoms with Gasteiger partial charge in [0.25, 0.3) is 5.91 Å². The minimum absolute atomic E-state index is 0.0404. The summed E-state index contributed by atoms with van der Waals surface area (Å²) in [6.07, 6.45) is 1.61. The van der Waals surface area contributed by atoms with Gasteiger partial charge in [-0.2, -0.15) is 0 Å². The van der Waals surface area contributed by atoms with Gasteiger partial charge in [-0.1, -0.05) is 13.0 Å². The van der Waals surface area contributed by atoms with Crippen molar-refractivity contribution in [2.75, 3.05) is 5.32 Å². The fraction of sp³-hybridized carbons (Fsp3) is 0.286. The molecule has 1 aromatic carbocycles. The van der Waals surface area contributed by atoms with Crippen LogP contribution >= 0.6 is 0 Å². The first-order valence-corrected chi connectivity index (χ1v) is 6.57. The number of nitrogens with one attached hydrogen (secondary N) is 2. The number of nitrogens with zero attached hydrogens (tertiary/aromatic N) is 2. The number of aryl methyl sites for hydroxylation is 2. The summed E-state index contributed by atoms with van der Waals surface area (Å²) in [7, 11) is 0. The normalized spacial score (nSPS) is 10.4. The fourth-order valence-electron chi connectivity index (χ4n) is 1.81. The smallest absolute Gasteiger partial charge is 0.335 e. The van der Waals surface area contributed by atoms with Gasteiger partial charge >= 0.3 is 5.97 Å². The molecule has 1 heterocycles. The molecule has 2 rings (SSSR count). The van der Waals surface area contributed by atoms with Crippen molar-refractivity contribution in [1.29, 1.82) is 0 Å². The lowest BCUT2D eigenvalue weighted by Crippen LogP contribution is -2.15. The van der Waals surface area contributed by atoms with Crippen molar-refractivity contribution in [3.63, 3.8) is 0 Å². The Bertz CT molecular complexity index is 679. The predicted octanol–water partition coefficient (Wildman–Crippen LogP) is 2.02. The highest BCUT2D eigenvalue weighted by atomic mass is 16.4. The average Bonchev–Trinajstić information content (AvgIpc) is 2.90. The van der Waals surface area contributed by atoms with E-state index >= 15 is 0 Å². The monoisotopic (exact) mass is 288 g/mol. The summed E-state index contributed by atoms with van der Waals surface area (Å²) in [6, 6.07) is 4.54. The first-order valence-electron chi connectivity index (χ1n) is 6.57. The van der Waals surface area contributed by atoms with Crippen molar-refractivity contribution < 1.29 is 14.7 Å². The van der Waals surface area contributed by atoms with E-state index < -0.39 is 11.9 Å². The highest BCUT2D eigenvalue weighted by Gasteiger charge is 2.14. The second kappa shape index (κ2) is 6.17. The number of benzene rings is 1. The molecule has 7 heteroatoms. The van der Waals surface area contributed by atoms with Crippen LogP contribution in [0.15, 0.2) is 18.2 Å². The summed E-state index contributed by atoms with van der Waals surface area (Å²) >= 11 is 0. The topological polar surface area (TPSA) is 108 Å². The van der Waals surface area contributed by atoms with E-state index in [0.717, 1.165) is 12.0 Å². The largest absolute Gasteiger partial charge is 0.478 e. The Kier molecular flexibility index (Phi) is 4.32. The number of rotatable bonds is 5. The van der Waals surface area contributed by atoms with Crippen molar-refractivity contribution in [3.05, 3.63) is 41.0 Å². The summed E-state index contributed by atoms with van der Waals surface area (Å²) in [5.74, 6) is -0.829. The Hall–Kier alpha value is -2.70. The van der Waals surface area contributed by atoms with Crippen molar-refractivity contribution in [2.45, 2.75) is 26.7 Å². The third-order valence-electron chi connectivity index (χ3n) is 2.95. The predicted molar refractivity (Wildman–Crippen MR) is 76.5 cm³/mol. The van der Waals surface area contributed by atoms with Gasteiger partial charge < -0.3 is 10.4 Å². The number of H-pyrrole nitrogens is 1. The van der Waals surface area contributed by atoms with Gasteiger partial charge in [0.15, 0.2) is 0 Å². The first-order chi connectivity index (χ1) is 10.0. The van der Waals surface area contributed by atoms with E-state index in [4.69, 9.17) is 5.11 Å². The molecule has 0 spiro atoms. The van der Waals surface area contributed by atoms with Crippen LogP contribution in [-0.2, 0) is 6.42 Å². The van der Waals surface area contributed by atoms with Crippen LogP contribution in [0.2, 0.25) is 0 Å². The summed E-state index contributed by atoms with van der Waals surface area (Å²) in [6.45, 7) is 3.78. The maximum Gasteiger partial charge on any atom is 0.335 e. The molecule has 0 radical (unpaired) electrons. The van der Waals surface area contributed by atoms with Gasteiger partial charge in [-0.05, 0) is 31.0 Å². The number of aromatic nitrogens is 3. The molecule has 0 fully saturated rings. The van der Waals surface area contributed by atoms with E-state index in [-0.39, 0.29) is 11.4 Å². The molecule has 0 aliphatic rings. The minimum Gasteiger partial charge on any atom is -0.478 e. The standard InChI is InChI=1S/C14H16N4O3/c1-3-4-11-16-12(18-17-11)13(19)15-10-7-9(14(20)21)6-5-8(10)2/h5-7H,3-4H2,1-2H3,(H,15,19)(H,20,21)(H,16,17,18). The van der Waals surface area contributed by atoms with Crippen molar-refractivity contribution in [1.82, 2.24) is 15.2 Å². The number of amides is 1. The number of aromatic carboxylic acids is 1. The average molecular weight is 288 g/mol. The van der Waals surface area contributed by atoms with E-state index in [1.165, 1.54) is 12.1 Å². The van der Waals surface area contributed by atoms with E-state index in [0.29, 0.717) is 17.9 Å². The zero-order valence-corrected chi connectivity index (χ0v) is 11.8. The zero-order valence-electron chi connectivity index (χ0n) is 11.8. The summed E-state index contributed by atoms with van der Waals surface area (Å²) in [5, 5.41) is 18.2. The first kappa shape index (κ1) is 14.7. The summed E-state index contributed by atoms with van der Waals surface area (Å²) < 4.78 is 0. The Morgan fingerprint density at radius 2 is 2.14 bits per heavy atom. The Morgan fingerprint density at radius 1 is 1.38 bits per heavy atom. The van der Waals surface area contributed by atoms with Crippen LogP contribution in [0.3, 0.4) is 0 Å². The van der Waals surface area contributed by atoms with Crippen LogP contribution in [0.5, 0.6) is 0 Å². The number of carbonyl (C=O) groups is 2. The molecule has 0 atom stereocenters. The number of carboxylic acid groups (broad SMARTS) is 1. The van der Waals surface area contributed by atoms with Crippen LogP contribution in [-0.4, -0.2) is 32.2 Å². The van der Waals surface area contributed by atoms with E-state index in [1.807, 2.05) is 6.92 Å². The number of carboxylic acids is 1. The lowest BCUT2D eigenvalue weighted by molar-refractivity contribution is 0.0696. The van der Waals surface area contributed by atoms with Gasteiger partial charge in [0.2, 0.25) is 5.82 Å². The second-order valence-electron chi connectivity index (χ2n) is 4.64. The van der Waals surface area contributed by atoms with Crippen LogP contribution in [0, 0.1) is 6.92 Å². The number of hydrogen-bond acceptors (Lipinski definition) is 4. The van der Waals surface area contributed by atoms with Crippen molar-refractivity contribution in [3.8, 4) is 0 Å². The van der Waals surface area contributed by atoms with Crippen LogP contribution in [0.4, 0.5) is 5.69 Å². The molecule has 0 saturated carbocycles. The molecule has 1 amide bonds. The molecule has 0 bridgehead atoms. The lowest BCUT2D eigenvalue weighted by Gasteiger charge is -2.07. The van der Waals surface area contributed by atoms with Crippen LogP contribution < -0.4 is 5.32 Å². The SMILES string of the molecule is CCCc1nc(C(=O)Nc2cc(C(=O)O)ccc2C)n[nH]1. The third kappa shape index (κ3) is 3.44. The number of carbonyl (C=O) groups excluding carboxylic acids is 1.